The van der Waals surface area contributed by atoms with Crippen molar-refractivity contribution in [2.75, 3.05) is 0 Å². The van der Waals surface area contributed by atoms with Crippen LogP contribution in [0.15, 0.2) is 34.2 Å². The van der Waals surface area contributed by atoms with E-state index in [2.05, 4.69) is 46.3 Å². The average Bonchev–Trinajstić information content (AvgIpc) is 2.94. The molecule has 2 heterocycles. The fraction of sp³-hybridized carbons (Fsp3) is 0.267. The summed E-state index contributed by atoms with van der Waals surface area (Å²) in [6.07, 6.45) is 8.98. The highest BCUT2D eigenvalue weighted by atomic mass is 79.9. The zero-order chi connectivity index (χ0) is 14.3. The Kier molecular flexibility index (Phi) is 6.81. The summed E-state index contributed by atoms with van der Waals surface area (Å²) < 4.78 is 0.903. The lowest BCUT2D eigenvalue weighted by atomic mass is 10.1. The van der Waals surface area contributed by atoms with Gasteiger partial charge in [-0.05, 0) is 22.9 Å². The van der Waals surface area contributed by atoms with Gasteiger partial charge in [-0.15, -0.1) is 11.3 Å². The summed E-state index contributed by atoms with van der Waals surface area (Å²) in [4.78, 5) is 7.64. The molecular formula is C15H19BrN2S. The molecule has 2 nitrogen and oxygen atoms in total. The molecule has 2 rings (SSSR count). The topological polar surface area (TPSA) is 28.7 Å². The van der Waals surface area contributed by atoms with E-state index < -0.39 is 0 Å². The molecule has 0 aliphatic rings. The van der Waals surface area contributed by atoms with Gasteiger partial charge < -0.3 is 4.98 Å². The third-order valence-electron chi connectivity index (χ3n) is 2.28. The molecule has 0 amide bonds. The molecule has 0 aromatic carbocycles. The standard InChI is InChI=1S/C12H11BrN2S.C3H8/c1-3-4-5-9-8(2)14-6-10(9)11-7-16-12(13)15-11;1-3-2/h3-7,14H,1H2,2H3;3H2,1-2H3/b5-4-;. The lowest BCUT2D eigenvalue weighted by Crippen LogP contribution is -1.79. The molecule has 0 spiro atoms. The maximum atomic E-state index is 4.42. The second-order valence-electron chi connectivity index (χ2n) is 4.03. The first-order valence-electron chi connectivity index (χ1n) is 6.22. The molecule has 0 atom stereocenters. The summed E-state index contributed by atoms with van der Waals surface area (Å²) in [5.41, 5.74) is 4.41. The van der Waals surface area contributed by atoms with Gasteiger partial charge in [0.05, 0.1) is 5.69 Å². The SMILES string of the molecule is C=C/C=C\c1c(-c2csc(Br)n2)c[nH]c1C.CCC. The van der Waals surface area contributed by atoms with Crippen LogP contribution in [0.5, 0.6) is 0 Å². The first-order chi connectivity index (χ1) is 9.13. The first kappa shape index (κ1) is 15.9. The number of allylic oxidation sites excluding steroid dienone is 2. The van der Waals surface area contributed by atoms with Crippen LogP contribution in [0.4, 0.5) is 0 Å². The predicted molar refractivity (Wildman–Crippen MR) is 89.5 cm³/mol. The average molecular weight is 339 g/mol. The van der Waals surface area contributed by atoms with E-state index in [0.717, 1.165) is 26.4 Å². The van der Waals surface area contributed by atoms with Crippen LogP contribution in [0.25, 0.3) is 17.3 Å². The molecule has 0 saturated carbocycles. The van der Waals surface area contributed by atoms with E-state index in [-0.39, 0.29) is 0 Å². The van der Waals surface area contributed by atoms with Gasteiger partial charge in [0.2, 0.25) is 0 Å². The Labute approximate surface area is 127 Å². The Hall–Kier alpha value is -1.13. The summed E-state index contributed by atoms with van der Waals surface area (Å²) in [6, 6.07) is 0. The third kappa shape index (κ3) is 4.48. The summed E-state index contributed by atoms with van der Waals surface area (Å²) in [6.45, 7) is 9.98. The molecule has 102 valence electrons. The third-order valence-corrected chi connectivity index (χ3v) is 3.64. The summed E-state index contributed by atoms with van der Waals surface area (Å²) in [5.74, 6) is 0. The maximum absolute atomic E-state index is 4.42. The number of H-pyrrole nitrogens is 1. The van der Waals surface area contributed by atoms with Gasteiger partial charge in [-0.3, -0.25) is 0 Å². The number of halogens is 1. The van der Waals surface area contributed by atoms with Gasteiger partial charge in [0.25, 0.3) is 0 Å². The number of aromatic nitrogens is 2. The molecule has 0 radical (unpaired) electrons. The molecule has 0 saturated heterocycles. The molecule has 0 fully saturated rings. The maximum Gasteiger partial charge on any atom is 0.159 e. The molecule has 2 aromatic rings. The van der Waals surface area contributed by atoms with Gasteiger partial charge in [-0.1, -0.05) is 45.1 Å². The van der Waals surface area contributed by atoms with Crippen molar-refractivity contribution in [3.8, 4) is 11.3 Å². The number of thiazole rings is 1. The van der Waals surface area contributed by atoms with Crippen LogP contribution in [0.1, 0.15) is 31.5 Å². The first-order valence-corrected chi connectivity index (χ1v) is 7.89. The number of hydrogen-bond donors (Lipinski definition) is 1. The minimum Gasteiger partial charge on any atom is -0.364 e. The van der Waals surface area contributed by atoms with Gasteiger partial charge >= 0.3 is 0 Å². The van der Waals surface area contributed by atoms with E-state index in [4.69, 9.17) is 0 Å². The predicted octanol–water partition coefficient (Wildman–Crippen LogP) is 5.82. The molecular weight excluding hydrogens is 320 g/mol. The molecule has 4 heteroatoms. The highest BCUT2D eigenvalue weighted by Crippen LogP contribution is 2.30. The summed E-state index contributed by atoms with van der Waals surface area (Å²) in [5, 5.41) is 2.04. The molecule has 0 bridgehead atoms. The lowest BCUT2D eigenvalue weighted by molar-refractivity contribution is 1.09. The van der Waals surface area contributed by atoms with E-state index in [1.807, 2.05) is 30.7 Å². The van der Waals surface area contributed by atoms with Crippen LogP contribution in [0.2, 0.25) is 0 Å². The van der Waals surface area contributed by atoms with Gasteiger partial charge in [-0.25, -0.2) is 4.98 Å². The molecule has 2 aromatic heterocycles. The number of hydrogen-bond acceptors (Lipinski definition) is 2. The molecule has 0 unspecified atom stereocenters. The van der Waals surface area contributed by atoms with E-state index in [1.54, 1.807) is 17.4 Å². The Morgan fingerprint density at radius 2 is 2.16 bits per heavy atom. The molecule has 1 N–H and O–H groups in total. The van der Waals surface area contributed by atoms with Gasteiger partial charge in [0, 0.05) is 28.4 Å². The van der Waals surface area contributed by atoms with Crippen molar-refractivity contribution >= 4 is 33.3 Å². The van der Waals surface area contributed by atoms with Crippen LogP contribution < -0.4 is 0 Å². The van der Waals surface area contributed by atoms with Crippen LogP contribution in [-0.2, 0) is 0 Å². The molecule has 0 aliphatic heterocycles. The monoisotopic (exact) mass is 338 g/mol. The number of aryl methyl sites for hydroxylation is 1. The highest BCUT2D eigenvalue weighted by molar-refractivity contribution is 9.11. The fourth-order valence-corrected chi connectivity index (χ4v) is 2.52. The Morgan fingerprint density at radius 1 is 1.47 bits per heavy atom. The highest BCUT2D eigenvalue weighted by Gasteiger charge is 2.10. The number of nitrogens with one attached hydrogen (secondary N) is 1. The van der Waals surface area contributed by atoms with Gasteiger partial charge in [0.15, 0.2) is 3.92 Å². The summed E-state index contributed by atoms with van der Waals surface area (Å²) in [7, 11) is 0. The molecule has 19 heavy (non-hydrogen) atoms. The van der Waals surface area contributed by atoms with Crippen LogP contribution in [0.3, 0.4) is 0 Å². The van der Waals surface area contributed by atoms with Crippen molar-refractivity contribution in [3.05, 3.63) is 45.5 Å². The minimum absolute atomic E-state index is 0.903. The fourth-order valence-electron chi connectivity index (χ4n) is 1.50. The van der Waals surface area contributed by atoms with E-state index in [0.29, 0.717) is 0 Å². The molecule has 0 aliphatic carbocycles. The van der Waals surface area contributed by atoms with E-state index in [9.17, 15) is 0 Å². The summed E-state index contributed by atoms with van der Waals surface area (Å²) >= 11 is 4.96. The van der Waals surface area contributed by atoms with Crippen molar-refractivity contribution in [2.24, 2.45) is 0 Å². The zero-order valence-electron chi connectivity index (χ0n) is 11.5. The minimum atomic E-state index is 0.903. The van der Waals surface area contributed by atoms with Crippen molar-refractivity contribution in [2.45, 2.75) is 27.2 Å². The lowest BCUT2D eigenvalue weighted by Gasteiger charge is -1.96. The number of rotatable bonds is 3. The van der Waals surface area contributed by atoms with Crippen LogP contribution in [0, 0.1) is 6.92 Å². The van der Waals surface area contributed by atoms with Crippen molar-refractivity contribution in [1.29, 1.82) is 0 Å². The number of aromatic amines is 1. The van der Waals surface area contributed by atoms with Crippen LogP contribution >= 0.6 is 27.3 Å². The quantitative estimate of drug-likeness (QED) is 0.701. The van der Waals surface area contributed by atoms with Crippen molar-refractivity contribution in [3.63, 3.8) is 0 Å². The largest absolute Gasteiger partial charge is 0.364 e. The Morgan fingerprint density at radius 3 is 2.68 bits per heavy atom. The Bertz CT molecular complexity index is 552. The second kappa shape index (κ2) is 8.12. The normalized spacial score (nSPS) is 10.3. The van der Waals surface area contributed by atoms with E-state index >= 15 is 0 Å². The Balaban J connectivity index is 0.000000550. The van der Waals surface area contributed by atoms with E-state index in [1.165, 1.54) is 6.42 Å². The second-order valence-corrected chi connectivity index (χ2v) is 6.16. The van der Waals surface area contributed by atoms with Crippen molar-refractivity contribution < 1.29 is 0 Å². The van der Waals surface area contributed by atoms with Gasteiger partial charge in [0.1, 0.15) is 0 Å². The van der Waals surface area contributed by atoms with Crippen LogP contribution in [-0.4, -0.2) is 9.97 Å². The van der Waals surface area contributed by atoms with Gasteiger partial charge in [-0.2, -0.15) is 0 Å². The van der Waals surface area contributed by atoms with Crippen molar-refractivity contribution in [1.82, 2.24) is 9.97 Å². The zero-order valence-corrected chi connectivity index (χ0v) is 13.9. The number of nitrogens with zero attached hydrogens (tertiary/aromatic N) is 1. The smallest absolute Gasteiger partial charge is 0.159 e.